The molecule has 0 radical (unpaired) electrons. The van der Waals surface area contributed by atoms with Gasteiger partial charge in [-0.05, 0) is 60.7 Å². The lowest BCUT2D eigenvalue weighted by Crippen LogP contribution is -2.44. The molecule has 2 heterocycles. The number of halogens is 1. The van der Waals surface area contributed by atoms with Gasteiger partial charge in [0.2, 0.25) is 5.91 Å². The number of piperidine rings is 1. The minimum atomic E-state index is -0.266. The molecule has 0 bridgehead atoms. The van der Waals surface area contributed by atoms with Gasteiger partial charge in [-0.2, -0.15) is 0 Å². The molecule has 2 N–H and O–H groups in total. The quantitative estimate of drug-likeness (QED) is 0.714. The standard InChI is InChI=1S/C12H13IN2O/c13-8-2-1-3-9-10(8)12(11(16)15-9)4-6-14-7-5-12/h1-3,14H,4-7H2,(H,15,16). The molecule has 84 valence electrons. The zero-order valence-corrected chi connectivity index (χ0v) is 11.0. The van der Waals surface area contributed by atoms with E-state index in [0.717, 1.165) is 31.6 Å². The zero-order valence-electron chi connectivity index (χ0n) is 8.85. The summed E-state index contributed by atoms with van der Waals surface area (Å²) in [4.78, 5) is 12.2. The van der Waals surface area contributed by atoms with Crippen LogP contribution in [0.4, 0.5) is 5.69 Å². The number of carbonyl (C=O) groups is 1. The molecular weight excluding hydrogens is 315 g/mol. The summed E-state index contributed by atoms with van der Waals surface area (Å²) >= 11 is 2.34. The minimum Gasteiger partial charge on any atom is -0.325 e. The van der Waals surface area contributed by atoms with E-state index >= 15 is 0 Å². The topological polar surface area (TPSA) is 41.1 Å². The molecule has 0 aromatic heterocycles. The largest absolute Gasteiger partial charge is 0.325 e. The third kappa shape index (κ3) is 1.32. The second kappa shape index (κ2) is 3.70. The van der Waals surface area contributed by atoms with Gasteiger partial charge >= 0.3 is 0 Å². The number of fused-ring (bicyclic) bond motifs is 2. The first-order valence-corrected chi connectivity index (χ1v) is 6.63. The minimum absolute atomic E-state index is 0.188. The summed E-state index contributed by atoms with van der Waals surface area (Å²) in [6, 6.07) is 6.09. The predicted octanol–water partition coefficient (Wildman–Crippen LogP) is 1.86. The van der Waals surface area contributed by atoms with E-state index in [1.165, 1.54) is 9.13 Å². The maximum atomic E-state index is 12.2. The Bertz CT molecular complexity index is 452. The van der Waals surface area contributed by atoms with Crippen LogP contribution in [0, 0.1) is 3.57 Å². The lowest BCUT2D eigenvalue weighted by Gasteiger charge is -2.32. The van der Waals surface area contributed by atoms with Crippen molar-refractivity contribution in [3.8, 4) is 0 Å². The van der Waals surface area contributed by atoms with Gasteiger partial charge in [0.05, 0.1) is 5.41 Å². The molecule has 0 aliphatic carbocycles. The van der Waals surface area contributed by atoms with E-state index in [0.29, 0.717) is 0 Å². The Hall–Kier alpha value is -0.620. The molecule has 2 aliphatic rings. The first-order chi connectivity index (χ1) is 7.74. The van der Waals surface area contributed by atoms with Gasteiger partial charge in [0.25, 0.3) is 0 Å². The number of hydrogen-bond donors (Lipinski definition) is 2. The van der Waals surface area contributed by atoms with Crippen LogP contribution in [0.15, 0.2) is 18.2 Å². The van der Waals surface area contributed by atoms with Crippen LogP contribution in [0.1, 0.15) is 18.4 Å². The number of nitrogens with one attached hydrogen (secondary N) is 2. The maximum absolute atomic E-state index is 12.2. The molecular formula is C12H13IN2O. The van der Waals surface area contributed by atoms with Crippen molar-refractivity contribution < 1.29 is 4.79 Å². The fraction of sp³-hybridized carbons (Fsp3) is 0.417. The SMILES string of the molecule is O=C1Nc2cccc(I)c2C12CCNCC2. The van der Waals surface area contributed by atoms with E-state index in [1.54, 1.807) is 0 Å². The van der Waals surface area contributed by atoms with Gasteiger partial charge in [0, 0.05) is 14.8 Å². The number of anilines is 1. The highest BCUT2D eigenvalue weighted by Gasteiger charge is 2.48. The Morgan fingerprint density at radius 1 is 1.25 bits per heavy atom. The van der Waals surface area contributed by atoms with E-state index in [4.69, 9.17) is 0 Å². The summed E-state index contributed by atoms with van der Waals surface area (Å²) in [6.45, 7) is 1.86. The molecule has 3 rings (SSSR count). The highest BCUT2D eigenvalue weighted by Crippen LogP contribution is 2.45. The lowest BCUT2D eigenvalue weighted by molar-refractivity contribution is -0.121. The molecule has 0 saturated carbocycles. The van der Waals surface area contributed by atoms with Crippen LogP contribution in [-0.2, 0) is 10.2 Å². The highest BCUT2D eigenvalue weighted by molar-refractivity contribution is 14.1. The Morgan fingerprint density at radius 2 is 2.00 bits per heavy atom. The van der Waals surface area contributed by atoms with Crippen molar-refractivity contribution in [1.82, 2.24) is 5.32 Å². The van der Waals surface area contributed by atoms with E-state index in [-0.39, 0.29) is 11.3 Å². The van der Waals surface area contributed by atoms with Crippen LogP contribution in [-0.4, -0.2) is 19.0 Å². The summed E-state index contributed by atoms with van der Waals surface area (Å²) in [5.41, 5.74) is 1.97. The molecule has 1 fully saturated rings. The Kier molecular flexibility index (Phi) is 2.43. The summed E-state index contributed by atoms with van der Waals surface area (Å²) in [5.74, 6) is 0.188. The number of carbonyl (C=O) groups excluding carboxylic acids is 1. The van der Waals surface area contributed by atoms with E-state index in [1.807, 2.05) is 12.1 Å². The van der Waals surface area contributed by atoms with Gasteiger partial charge in [-0.15, -0.1) is 0 Å². The Morgan fingerprint density at radius 3 is 2.75 bits per heavy atom. The van der Waals surface area contributed by atoms with Crippen LogP contribution >= 0.6 is 22.6 Å². The zero-order chi connectivity index (χ0) is 11.2. The third-order valence-electron chi connectivity index (χ3n) is 3.63. The van der Waals surface area contributed by atoms with Crippen LogP contribution in [0.3, 0.4) is 0 Å². The smallest absolute Gasteiger partial charge is 0.235 e. The van der Waals surface area contributed by atoms with Crippen molar-refractivity contribution in [2.45, 2.75) is 18.3 Å². The highest BCUT2D eigenvalue weighted by atomic mass is 127. The van der Waals surface area contributed by atoms with Crippen molar-refractivity contribution >= 4 is 34.2 Å². The molecule has 16 heavy (non-hydrogen) atoms. The van der Waals surface area contributed by atoms with Crippen molar-refractivity contribution in [3.05, 3.63) is 27.3 Å². The summed E-state index contributed by atoms with van der Waals surface area (Å²) in [7, 11) is 0. The lowest BCUT2D eigenvalue weighted by atomic mass is 9.74. The Labute approximate surface area is 108 Å². The molecule has 1 aromatic carbocycles. The predicted molar refractivity (Wildman–Crippen MR) is 71.6 cm³/mol. The normalized spacial score (nSPS) is 21.9. The average molecular weight is 328 g/mol. The van der Waals surface area contributed by atoms with Crippen LogP contribution in [0.5, 0.6) is 0 Å². The number of rotatable bonds is 0. The molecule has 1 spiro atoms. The van der Waals surface area contributed by atoms with Gasteiger partial charge < -0.3 is 10.6 Å². The van der Waals surface area contributed by atoms with Crippen LogP contribution in [0.2, 0.25) is 0 Å². The van der Waals surface area contributed by atoms with Crippen molar-refractivity contribution in [2.75, 3.05) is 18.4 Å². The van der Waals surface area contributed by atoms with E-state index in [2.05, 4.69) is 39.3 Å². The van der Waals surface area contributed by atoms with Gasteiger partial charge in [0.15, 0.2) is 0 Å². The molecule has 1 amide bonds. The molecule has 1 aromatic rings. The van der Waals surface area contributed by atoms with Gasteiger partial charge in [-0.3, -0.25) is 4.79 Å². The van der Waals surface area contributed by atoms with Crippen LogP contribution in [0.25, 0.3) is 0 Å². The number of hydrogen-bond acceptors (Lipinski definition) is 2. The van der Waals surface area contributed by atoms with E-state index in [9.17, 15) is 4.79 Å². The average Bonchev–Trinajstić information content (AvgIpc) is 2.55. The first kappa shape index (κ1) is 10.5. The first-order valence-electron chi connectivity index (χ1n) is 5.55. The van der Waals surface area contributed by atoms with Gasteiger partial charge in [-0.25, -0.2) is 0 Å². The maximum Gasteiger partial charge on any atom is 0.235 e. The van der Waals surface area contributed by atoms with Gasteiger partial charge in [0.1, 0.15) is 0 Å². The van der Waals surface area contributed by atoms with E-state index < -0.39 is 0 Å². The summed E-state index contributed by atoms with van der Waals surface area (Å²) in [5, 5.41) is 6.35. The van der Waals surface area contributed by atoms with Crippen molar-refractivity contribution in [2.24, 2.45) is 0 Å². The number of benzene rings is 1. The third-order valence-corrected chi connectivity index (χ3v) is 4.53. The Balaban J connectivity index is 2.17. The van der Waals surface area contributed by atoms with Crippen LogP contribution < -0.4 is 10.6 Å². The molecule has 0 unspecified atom stereocenters. The molecule has 1 saturated heterocycles. The fourth-order valence-corrected chi connectivity index (χ4v) is 3.82. The van der Waals surface area contributed by atoms with Crippen molar-refractivity contribution in [3.63, 3.8) is 0 Å². The van der Waals surface area contributed by atoms with Gasteiger partial charge in [-0.1, -0.05) is 6.07 Å². The summed E-state index contributed by atoms with van der Waals surface area (Å²) in [6.07, 6.45) is 1.82. The molecule has 4 heteroatoms. The molecule has 0 atom stereocenters. The van der Waals surface area contributed by atoms with Crippen molar-refractivity contribution in [1.29, 1.82) is 0 Å². The second-order valence-electron chi connectivity index (χ2n) is 4.45. The fourth-order valence-electron chi connectivity index (χ4n) is 2.80. The second-order valence-corrected chi connectivity index (χ2v) is 5.61. The monoisotopic (exact) mass is 328 g/mol. The molecule has 3 nitrogen and oxygen atoms in total. The summed E-state index contributed by atoms with van der Waals surface area (Å²) < 4.78 is 1.20. The molecule has 2 aliphatic heterocycles. The number of amides is 1.